The summed E-state index contributed by atoms with van der Waals surface area (Å²) in [5, 5.41) is 2.48. The highest BCUT2D eigenvalue weighted by Gasteiger charge is 2.36. The van der Waals surface area contributed by atoms with Crippen LogP contribution in [-0.4, -0.2) is 4.57 Å². The van der Waals surface area contributed by atoms with Gasteiger partial charge in [0.25, 0.3) is 0 Å². The van der Waals surface area contributed by atoms with Crippen LogP contribution in [0.15, 0.2) is 146 Å². The number of anilines is 2. The van der Waals surface area contributed by atoms with Crippen LogP contribution < -0.4 is 4.90 Å². The average Bonchev–Trinajstić information content (AvgIpc) is 3.50. The summed E-state index contributed by atoms with van der Waals surface area (Å²) in [7, 11) is 0. The Labute approximate surface area is 259 Å². The van der Waals surface area contributed by atoms with Crippen LogP contribution in [0.4, 0.5) is 11.4 Å². The minimum Gasteiger partial charge on any atom is -0.310 e. The van der Waals surface area contributed by atoms with Gasteiger partial charge in [0.05, 0.1) is 11.0 Å². The minimum absolute atomic E-state index is 0.0682. The van der Waals surface area contributed by atoms with Crippen LogP contribution in [0.5, 0.6) is 0 Å². The third kappa shape index (κ3) is 3.88. The fraction of sp³-hybridized carbons (Fsp3) is 0.0952. The van der Waals surface area contributed by atoms with Crippen molar-refractivity contribution in [3.63, 3.8) is 0 Å². The monoisotopic (exact) mass is 566 g/mol. The van der Waals surface area contributed by atoms with Crippen molar-refractivity contribution in [2.45, 2.75) is 26.2 Å². The standard InChI is InChI=1S/C42H34N2/c1-28-15-11-14-22-39(28)43(31-16-7-5-8-17-31)29(2)30-23-24-40-35(25-30)36-26-34-33-20-12-13-21-37(33)42(3,4)38(34)27-41(36)44(40)32-18-9-6-10-19-32/h5-27H,2H2,1,3-4H3. The second-order valence-corrected chi connectivity index (χ2v) is 12.4. The lowest BCUT2D eigenvalue weighted by Gasteiger charge is -2.29. The van der Waals surface area contributed by atoms with Gasteiger partial charge in [0.2, 0.25) is 0 Å². The first-order valence-corrected chi connectivity index (χ1v) is 15.3. The second kappa shape index (κ2) is 9.86. The molecule has 0 amide bonds. The maximum absolute atomic E-state index is 4.70. The lowest BCUT2D eigenvalue weighted by atomic mass is 9.82. The first kappa shape index (κ1) is 26.3. The zero-order valence-electron chi connectivity index (χ0n) is 25.4. The second-order valence-electron chi connectivity index (χ2n) is 12.4. The van der Waals surface area contributed by atoms with Crippen molar-refractivity contribution < 1.29 is 0 Å². The highest BCUT2D eigenvalue weighted by molar-refractivity contribution is 6.12. The van der Waals surface area contributed by atoms with E-state index in [1.165, 1.54) is 49.6 Å². The Balaban J connectivity index is 1.39. The van der Waals surface area contributed by atoms with E-state index in [-0.39, 0.29) is 5.41 Å². The van der Waals surface area contributed by atoms with E-state index in [1.807, 2.05) is 0 Å². The summed E-state index contributed by atoms with van der Waals surface area (Å²) in [5.74, 6) is 0. The molecule has 0 fully saturated rings. The molecule has 0 saturated heterocycles. The van der Waals surface area contributed by atoms with Crippen molar-refractivity contribution >= 4 is 38.9 Å². The van der Waals surface area contributed by atoms with E-state index >= 15 is 0 Å². The van der Waals surface area contributed by atoms with Crippen LogP contribution >= 0.6 is 0 Å². The normalized spacial score (nSPS) is 13.2. The van der Waals surface area contributed by atoms with Crippen LogP contribution in [-0.2, 0) is 5.41 Å². The quantitative estimate of drug-likeness (QED) is 0.201. The number of hydrogen-bond acceptors (Lipinski definition) is 1. The largest absolute Gasteiger partial charge is 0.310 e. The number of hydrogen-bond donors (Lipinski definition) is 0. The number of nitrogens with zero attached hydrogens (tertiary/aromatic N) is 2. The summed E-state index contributed by atoms with van der Waals surface area (Å²) < 4.78 is 2.42. The lowest BCUT2D eigenvalue weighted by molar-refractivity contribution is 0.661. The molecule has 8 rings (SSSR count). The summed E-state index contributed by atoms with van der Waals surface area (Å²) in [6, 6.07) is 50.4. The molecule has 2 nitrogen and oxygen atoms in total. The predicted octanol–water partition coefficient (Wildman–Crippen LogP) is 11.2. The van der Waals surface area contributed by atoms with Crippen molar-refractivity contribution in [1.82, 2.24) is 4.57 Å². The van der Waals surface area contributed by atoms with Gasteiger partial charge in [-0.3, -0.25) is 0 Å². The van der Waals surface area contributed by atoms with E-state index in [2.05, 4.69) is 170 Å². The molecule has 0 spiro atoms. The Morgan fingerprint density at radius 3 is 2.05 bits per heavy atom. The molecule has 44 heavy (non-hydrogen) atoms. The third-order valence-electron chi connectivity index (χ3n) is 9.46. The van der Waals surface area contributed by atoms with Crippen molar-refractivity contribution in [3.05, 3.63) is 168 Å². The zero-order valence-corrected chi connectivity index (χ0v) is 25.4. The summed E-state index contributed by atoms with van der Waals surface area (Å²) in [6.07, 6.45) is 0. The van der Waals surface area contributed by atoms with E-state index in [4.69, 9.17) is 6.58 Å². The van der Waals surface area contributed by atoms with Gasteiger partial charge in [-0.2, -0.15) is 0 Å². The number of para-hydroxylation sites is 3. The van der Waals surface area contributed by atoms with Gasteiger partial charge in [0.15, 0.2) is 0 Å². The zero-order chi connectivity index (χ0) is 30.0. The van der Waals surface area contributed by atoms with Crippen molar-refractivity contribution in [1.29, 1.82) is 0 Å². The van der Waals surface area contributed by atoms with E-state index in [0.717, 1.165) is 28.3 Å². The molecule has 7 aromatic rings. The summed E-state index contributed by atoms with van der Waals surface area (Å²) in [6.45, 7) is 11.6. The van der Waals surface area contributed by atoms with Crippen LogP contribution in [0.3, 0.4) is 0 Å². The Morgan fingerprint density at radius 2 is 1.27 bits per heavy atom. The van der Waals surface area contributed by atoms with Crippen LogP contribution in [0.1, 0.15) is 36.1 Å². The number of benzene rings is 6. The number of aromatic nitrogens is 1. The van der Waals surface area contributed by atoms with Gasteiger partial charge in [0, 0.05) is 38.9 Å². The molecule has 1 aromatic heterocycles. The molecule has 212 valence electrons. The van der Waals surface area contributed by atoms with Crippen LogP contribution in [0.25, 0.3) is 44.3 Å². The van der Waals surface area contributed by atoms with Crippen LogP contribution in [0.2, 0.25) is 0 Å². The first-order valence-electron chi connectivity index (χ1n) is 15.3. The van der Waals surface area contributed by atoms with Gasteiger partial charge in [-0.1, -0.05) is 105 Å². The lowest BCUT2D eigenvalue weighted by Crippen LogP contribution is -2.15. The van der Waals surface area contributed by atoms with Crippen molar-refractivity contribution in [2.75, 3.05) is 4.90 Å². The predicted molar refractivity (Wildman–Crippen MR) is 187 cm³/mol. The smallest absolute Gasteiger partial charge is 0.0544 e. The van der Waals surface area contributed by atoms with Gasteiger partial charge in [-0.25, -0.2) is 0 Å². The van der Waals surface area contributed by atoms with Gasteiger partial charge in [-0.05, 0) is 94.9 Å². The molecule has 0 saturated carbocycles. The molecule has 0 radical (unpaired) electrons. The molecule has 2 heteroatoms. The first-order chi connectivity index (χ1) is 21.4. The molecular formula is C42H34N2. The van der Waals surface area contributed by atoms with E-state index in [9.17, 15) is 0 Å². The third-order valence-corrected chi connectivity index (χ3v) is 9.46. The van der Waals surface area contributed by atoms with Gasteiger partial charge in [-0.15, -0.1) is 0 Å². The minimum atomic E-state index is -0.0682. The van der Waals surface area contributed by atoms with Crippen molar-refractivity contribution in [3.8, 4) is 16.8 Å². The Bertz CT molecular complexity index is 2220. The number of fused-ring (bicyclic) bond motifs is 6. The molecule has 1 aliphatic carbocycles. The molecule has 1 aliphatic rings. The van der Waals surface area contributed by atoms with E-state index in [0.29, 0.717) is 0 Å². The number of rotatable bonds is 5. The molecule has 0 atom stereocenters. The summed E-state index contributed by atoms with van der Waals surface area (Å²) >= 11 is 0. The average molecular weight is 567 g/mol. The van der Waals surface area contributed by atoms with E-state index < -0.39 is 0 Å². The Kier molecular flexibility index (Phi) is 5.89. The number of aryl methyl sites for hydroxylation is 1. The molecular weight excluding hydrogens is 532 g/mol. The molecule has 1 heterocycles. The van der Waals surface area contributed by atoms with Crippen LogP contribution in [0, 0.1) is 6.92 Å². The summed E-state index contributed by atoms with van der Waals surface area (Å²) in [5.41, 5.74) is 14.4. The van der Waals surface area contributed by atoms with Gasteiger partial charge in [0.1, 0.15) is 0 Å². The maximum atomic E-state index is 4.70. The van der Waals surface area contributed by atoms with Gasteiger partial charge < -0.3 is 9.47 Å². The molecule has 0 N–H and O–H groups in total. The molecule has 0 bridgehead atoms. The van der Waals surface area contributed by atoms with E-state index in [1.54, 1.807) is 0 Å². The topological polar surface area (TPSA) is 8.17 Å². The molecule has 0 unspecified atom stereocenters. The molecule has 6 aromatic carbocycles. The highest BCUT2D eigenvalue weighted by atomic mass is 15.1. The Morgan fingerprint density at radius 1 is 0.614 bits per heavy atom. The Hall–Kier alpha value is -5.34. The maximum Gasteiger partial charge on any atom is 0.0544 e. The van der Waals surface area contributed by atoms with Crippen molar-refractivity contribution in [2.24, 2.45) is 0 Å². The highest BCUT2D eigenvalue weighted by Crippen LogP contribution is 2.51. The van der Waals surface area contributed by atoms with Gasteiger partial charge >= 0.3 is 0 Å². The summed E-state index contributed by atoms with van der Waals surface area (Å²) in [4.78, 5) is 2.28. The molecule has 0 aliphatic heterocycles. The fourth-order valence-electron chi connectivity index (χ4n) is 7.21. The fourth-order valence-corrected chi connectivity index (χ4v) is 7.21. The SMILES string of the molecule is C=C(c1ccc2c(c1)c1cc3c(cc1n2-c1ccccc1)C(C)(C)c1ccccc1-3)N(c1ccccc1)c1ccccc1C.